The van der Waals surface area contributed by atoms with E-state index in [4.69, 9.17) is 5.73 Å². The van der Waals surface area contributed by atoms with E-state index in [1.807, 2.05) is 0 Å². The van der Waals surface area contributed by atoms with Gasteiger partial charge in [0.25, 0.3) is 0 Å². The second-order valence-corrected chi connectivity index (χ2v) is 2.32. The highest BCUT2D eigenvalue weighted by Crippen LogP contribution is 1.96. The minimum Gasteiger partial charge on any atom is -0.338 e. The number of nitrogens with zero attached hydrogens (tertiary/aromatic N) is 1. The van der Waals surface area contributed by atoms with Gasteiger partial charge in [0.1, 0.15) is 0 Å². The molecule has 1 fully saturated rings. The highest BCUT2D eigenvalue weighted by Gasteiger charge is 2.15. The molecule has 10 heavy (non-hydrogen) atoms. The smallest absolute Gasteiger partial charge is 0.317 e. The molecule has 0 unspecified atom stereocenters. The predicted molar refractivity (Wildman–Crippen MR) is 37.6 cm³/mol. The summed E-state index contributed by atoms with van der Waals surface area (Å²) in [4.78, 5) is 12.6. The van der Waals surface area contributed by atoms with Gasteiger partial charge in [-0.05, 0) is 6.42 Å². The molecule has 2 N–H and O–H groups in total. The Bertz CT molecular complexity index is 124. The summed E-state index contributed by atoms with van der Waals surface area (Å²) < 4.78 is 0. The monoisotopic (exact) mass is 142 g/mol. The number of urea groups is 1. The van der Waals surface area contributed by atoms with Crippen molar-refractivity contribution in [2.45, 2.75) is 6.42 Å². The number of rotatable bonds is 2. The number of carbonyl (C=O) groups excluding carboxylic acids is 1. The Labute approximate surface area is 60.4 Å². The Morgan fingerprint density at radius 1 is 1.70 bits per heavy atom. The summed E-state index contributed by atoms with van der Waals surface area (Å²) >= 11 is 0. The highest BCUT2D eigenvalue weighted by atomic mass is 16.2. The third kappa shape index (κ3) is 1.60. The molecule has 4 heteroatoms. The number of amides is 2. The molecule has 0 saturated carbocycles. The number of nitrogens with one attached hydrogen (secondary N) is 2. The summed E-state index contributed by atoms with van der Waals surface area (Å²) in [5.41, 5.74) is 6.91. The standard InChI is InChI=1S/C6H12N3O/c7-2-5-9-4-1-3-8-6(9)10/h7H,1-5H2,(H,8,10). The van der Waals surface area contributed by atoms with Crippen LogP contribution in [0, 0.1) is 0 Å². The lowest BCUT2D eigenvalue weighted by Gasteiger charge is -2.26. The second kappa shape index (κ2) is 3.41. The minimum atomic E-state index is -0.0153. The molecular weight excluding hydrogens is 130 g/mol. The van der Waals surface area contributed by atoms with E-state index in [1.54, 1.807) is 4.90 Å². The van der Waals surface area contributed by atoms with Crippen molar-refractivity contribution >= 4 is 6.03 Å². The van der Waals surface area contributed by atoms with Crippen molar-refractivity contribution in [3.63, 3.8) is 0 Å². The number of hydrogen-bond donors (Lipinski definition) is 1. The van der Waals surface area contributed by atoms with Crippen LogP contribution in [-0.2, 0) is 0 Å². The van der Waals surface area contributed by atoms with Gasteiger partial charge in [0.05, 0.1) is 0 Å². The molecule has 1 aliphatic rings. The van der Waals surface area contributed by atoms with Gasteiger partial charge in [-0.1, -0.05) is 0 Å². The van der Waals surface area contributed by atoms with Gasteiger partial charge in [-0.3, -0.25) is 5.73 Å². The van der Waals surface area contributed by atoms with Crippen molar-refractivity contribution in [2.75, 3.05) is 26.2 Å². The third-order valence-electron chi connectivity index (χ3n) is 1.55. The fourth-order valence-corrected chi connectivity index (χ4v) is 1.03. The van der Waals surface area contributed by atoms with Crippen molar-refractivity contribution < 1.29 is 4.79 Å². The van der Waals surface area contributed by atoms with Gasteiger partial charge in [-0.15, -0.1) is 0 Å². The van der Waals surface area contributed by atoms with Gasteiger partial charge in [-0.2, -0.15) is 0 Å². The summed E-state index contributed by atoms with van der Waals surface area (Å²) in [5, 5.41) is 2.72. The molecule has 0 spiro atoms. The molecule has 1 saturated heterocycles. The summed E-state index contributed by atoms with van der Waals surface area (Å²) in [5.74, 6) is 0. The maximum atomic E-state index is 10.9. The van der Waals surface area contributed by atoms with Gasteiger partial charge in [0.15, 0.2) is 0 Å². The first kappa shape index (κ1) is 7.34. The van der Waals surface area contributed by atoms with E-state index in [1.165, 1.54) is 0 Å². The number of carbonyl (C=O) groups is 1. The molecule has 0 aromatic carbocycles. The first-order valence-corrected chi connectivity index (χ1v) is 3.52. The summed E-state index contributed by atoms with van der Waals surface area (Å²) in [6, 6.07) is -0.0153. The maximum Gasteiger partial charge on any atom is 0.317 e. The Morgan fingerprint density at radius 2 is 2.50 bits per heavy atom. The lowest BCUT2D eigenvalue weighted by molar-refractivity contribution is 0.187. The van der Waals surface area contributed by atoms with Crippen molar-refractivity contribution in [1.82, 2.24) is 16.0 Å². The molecule has 2 amide bonds. The zero-order chi connectivity index (χ0) is 7.40. The predicted octanol–water partition coefficient (Wildman–Crippen LogP) is -0.315. The number of hydrogen-bond acceptors (Lipinski definition) is 1. The molecule has 1 aliphatic heterocycles. The van der Waals surface area contributed by atoms with Crippen LogP contribution in [0.3, 0.4) is 0 Å². The van der Waals surface area contributed by atoms with Gasteiger partial charge >= 0.3 is 6.03 Å². The first-order chi connectivity index (χ1) is 4.84. The normalized spacial score (nSPS) is 18.9. The van der Waals surface area contributed by atoms with Crippen molar-refractivity contribution in [3.8, 4) is 0 Å². The van der Waals surface area contributed by atoms with Crippen LogP contribution in [0.25, 0.3) is 0 Å². The molecule has 0 bridgehead atoms. The molecule has 0 aromatic rings. The highest BCUT2D eigenvalue weighted by molar-refractivity contribution is 5.74. The third-order valence-corrected chi connectivity index (χ3v) is 1.55. The SMILES string of the molecule is [NH]CCN1CCCNC1=O. The van der Waals surface area contributed by atoms with Crippen LogP contribution in [0.15, 0.2) is 0 Å². The molecule has 0 atom stereocenters. The molecule has 1 heterocycles. The Balaban J connectivity index is 2.32. The van der Waals surface area contributed by atoms with E-state index >= 15 is 0 Å². The molecule has 4 nitrogen and oxygen atoms in total. The Kier molecular flexibility index (Phi) is 2.50. The topological polar surface area (TPSA) is 56.1 Å². The second-order valence-electron chi connectivity index (χ2n) is 2.32. The van der Waals surface area contributed by atoms with E-state index < -0.39 is 0 Å². The van der Waals surface area contributed by atoms with E-state index in [0.717, 1.165) is 19.5 Å². The van der Waals surface area contributed by atoms with Gasteiger partial charge < -0.3 is 10.2 Å². The van der Waals surface area contributed by atoms with Crippen LogP contribution < -0.4 is 11.1 Å². The lowest BCUT2D eigenvalue weighted by atomic mass is 10.3. The first-order valence-electron chi connectivity index (χ1n) is 3.52. The van der Waals surface area contributed by atoms with E-state index in [0.29, 0.717) is 13.1 Å². The zero-order valence-corrected chi connectivity index (χ0v) is 5.89. The molecule has 0 aliphatic carbocycles. The molecule has 1 rings (SSSR count). The van der Waals surface area contributed by atoms with Crippen LogP contribution in [0.4, 0.5) is 4.79 Å². The molecule has 1 radical (unpaired) electrons. The van der Waals surface area contributed by atoms with Crippen LogP contribution in [0.1, 0.15) is 6.42 Å². The molecular formula is C6H12N3O. The fourth-order valence-electron chi connectivity index (χ4n) is 1.03. The molecule has 0 aromatic heterocycles. The van der Waals surface area contributed by atoms with Crippen LogP contribution in [0.5, 0.6) is 0 Å². The minimum absolute atomic E-state index is 0.0153. The fraction of sp³-hybridized carbons (Fsp3) is 0.833. The summed E-state index contributed by atoms with van der Waals surface area (Å²) in [6.45, 7) is 2.46. The van der Waals surface area contributed by atoms with E-state index in [-0.39, 0.29) is 6.03 Å². The largest absolute Gasteiger partial charge is 0.338 e. The van der Waals surface area contributed by atoms with Crippen LogP contribution in [0.2, 0.25) is 0 Å². The lowest BCUT2D eigenvalue weighted by Crippen LogP contribution is -2.47. The van der Waals surface area contributed by atoms with E-state index in [2.05, 4.69) is 5.32 Å². The Hall–Kier alpha value is -0.770. The average Bonchev–Trinajstić information content (AvgIpc) is 1.94. The van der Waals surface area contributed by atoms with Crippen LogP contribution in [-0.4, -0.2) is 37.1 Å². The maximum absolute atomic E-state index is 10.9. The quantitative estimate of drug-likeness (QED) is 0.564. The summed E-state index contributed by atoms with van der Waals surface area (Å²) in [7, 11) is 0. The average molecular weight is 142 g/mol. The zero-order valence-electron chi connectivity index (χ0n) is 5.89. The van der Waals surface area contributed by atoms with E-state index in [9.17, 15) is 4.79 Å². The summed E-state index contributed by atoms with van der Waals surface area (Å²) in [6.07, 6.45) is 1.01. The molecule has 57 valence electrons. The van der Waals surface area contributed by atoms with Crippen molar-refractivity contribution in [3.05, 3.63) is 0 Å². The van der Waals surface area contributed by atoms with Gasteiger partial charge in [0.2, 0.25) is 0 Å². The van der Waals surface area contributed by atoms with Crippen LogP contribution >= 0.6 is 0 Å². The van der Waals surface area contributed by atoms with Crippen molar-refractivity contribution in [1.29, 1.82) is 0 Å². The van der Waals surface area contributed by atoms with Gasteiger partial charge in [-0.25, -0.2) is 4.79 Å². The van der Waals surface area contributed by atoms with Crippen molar-refractivity contribution in [2.24, 2.45) is 0 Å². The Morgan fingerprint density at radius 3 is 3.10 bits per heavy atom. The van der Waals surface area contributed by atoms with Gasteiger partial charge in [0, 0.05) is 26.2 Å².